The highest BCUT2D eigenvalue weighted by atomic mass is 79.9. The van der Waals surface area contributed by atoms with Crippen molar-refractivity contribution in [3.8, 4) is 5.75 Å². The van der Waals surface area contributed by atoms with Crippen LogP contribution in [0.1, 0.15) is 19.8 Å². The van der Waals surface area contributed by atoms with Gasteiger partial charge in [-0.1, -0.05) is 19.1 Å². The summed E-state index contributed by atoms with van der Waals surface area (Å²) in [6, 6.07) is 7.72. The van der Waals surface area contributed by atoms with Crippen LogP contribution in [0.15, 0.2) is 28.7 Å². The molecule has 1 N–H and O–H groups in total. The minimum absolute atomic E-state index is 0.341. The summed E-state index contributed by atoms with van der Waals surface area (Å²) in [6.45, 7) is 5.50. The molecule has 0 amide bonds. The largest absolute Gasteiger partial charge is 0.490 e. The van der Waals surface area contributed by atoms with Crippen molar-refractivity contribution >= 4 is 15.9 Å². The number of rotatable bonds is 5. The van der Waals surface area contributed by atoms with Crippen LogP contribution < -0.4 is 4.74 Å². The molecule has 2 atom stereocenters. The van der Waals surface area contributed by atoms with E-state index in [1.165, 1.54) is 12.8 Å². The Kier molecular flexibility index (Phi) is 5.67. The van der Waals surface area contributed by atoms with Crippen molar-refractivity contribution in [1.82, 2.24) is 4.90 Å². The third-order valence-electron chi connectivity index (χ3n) is 3.48. The van der Waals surface area contributed by atoms with Crippen molar-refractivity contribution in [3.63, 3.8) is 0 Å². The Labute approximate surface area is 123 Å². The highest BCUT2D eigenvalue weighted by Crippen LogP contribution is 2.24. The highest BCUT2D eigenvalue weighted by Gasteiger charge is 2.19. The number of benzene rings is 1. The van der Waals surface area contributed by atoms with Crippen molar-refractivity contribution in [2.45, 2.75) is 25.9 Å². The SMILES string of the molecule is C[C@H]1CCCN(C[C@H](O)COc2ccccc2Br)C1. The predicted octanol–water partition coefficient (Wildman–Crippen LogP) is 2.92. The molecule has 3 nitrogen and oxygen atoms in total. The molecular formula is C15H22BrNO2. The van der Waals surface area contributed by atoms with Gasteiger partial charge in [-0.2, -0.15) is 0 Å². The van der Waals surface area contributed by atoms with Gasteiger partial charge in [0.2, 0.25) is 0 Å². The van der Waals surface area contributed by atoms with E-state index in [1.807, 2.05) is 24.3 Å². The zero-order valence-electron chi connectivity index (χ0n) is 11.4. The Bertz CT molecular complexity index is 399. The first kappa shape index (κ1) is 14.8. The zero-order chi connectivity index (χ0) is 13.7. The molecule has 1 fully saturated rings. The molecule has 19 heavy (non-hydrogen) atoms. The fourth-order valence-corrected chi connectivity index (χ4v) is 2.95. The minimum atomic E-state index is -0.433. The Hall–Kier alpha value is -0.580. The molecule has 1 aliphatic rings. The predicted molar refractivity (Wildman–Crippen MR) is 80.5 cm³/mol. The van der Waals surface area contributed by atoms with Crippen LogP contribution in [0.25, 0.3) is 0 Å². The number of likely N-dealkylation sites (tertiary alicyclic amines) is 1. The molecule has 0 bridgehead atoms. The average molecular weight is 328 g/mol. The van der Waals surface area contributed by atoms with Crippen LogP contribution in [0, 0.1) is 5.92 Å². The van der Waals surface area contributed by atoms with Crippen LogP contribution in [0.4, 0.5) is 0 Å². The van der Waals surface area contributed by atoms with Crippen LogP contribution >= 0.6 is 15.9 Å². The van der Waals surface area contributed by atoms with Crippen molar-refractivity contribution in [2.75, 3.05) is 26.2 Å². The molecule has 0 saturated carbocycles. The molecule has 0 radical (unpaired) electrons. The van der Waals surface area contributed by atoms with Crippen molar-refractivity contribution in [3.05, 3.63) is 28.7 Å². The second-order valence-electron chi connectivity index (χ2n) is 5.40. The lowest BCUT2D eigenvalue weighted by Gasteiger charge is -2.32. The van der Waals surface area contributed by atoms with Gasteiger partial charge in [0.1, 0.15) is 18.5 Å². The zero-order valence-corrected chi connectivity index (χ0v) is 13.0. The number of hydrogen-bond acceptors (Lipinski definition) is 3. The number of halogens is 1. The van der Waals surface area contributed by atoms with Gasteiger partial charge in [0, 0.05) is 13.1 Å². The first-order valence-corrected chi connectivity index (χ1v) is 7.72. The van der Waals surface area contributed by atoms with Gasteiger partial charge in [0.15, 0.2) is 0 Å². The lowest BCUT2D eigenvalue weighted by molar-refractivity contribution is 0.0535. The number of hydrogen-bond donors (Lipinski definition) is 1. The second-order valence-corrected chi connectivity index (χ2v) is 6.26. The monoisotopic (exact) mass is 327 g/mol. The van der Waals surface area contributed by atoms with Crippen LogP contribution in [-0.4, -0.2) is 42.4 Å². The molecule has 2 rings (SSSR count). The number of piperidine rings is 1. The van der Waals surface area contributed by atoms with Gasteiger partial charge in [-0.3, -0.25) is 0 Å². The maximum Gasteiger partial charge on any atom is 0.133 e. The maximum absolute atomic E-state index is 10.1. The van der Waals surface area contributed by atoms with E-state index < -0.39 is 6.10 Å². The lowest BCUT2D eigenvalue weighted by Crippen LogP contribution is -2.41. The molecule has 1 aliphatic heterocycles. The van der Waals surface area contributed by atoms with Gasteiger partial charge in [-0.05, 0) is 53.4 Å². The summed E-state index contributed by atoms with van der Waals surface area (Å²) in [4.78, 5) is 2.34. The highest BCUT2D eigenvalue weighted by molar-refractivity contribution is 9.10. The third-order valence-corrected chi connectivity index (χ3v) is 4.13. The lowest BCUT2D eigenvalue weighted by atomic mass is 10.0. The van der Waals surface area contributed by atoms with E-state index in [9.17, 15) is 5.11 Å². The second kappa shape index (κ2) is 7.27. The summed E-state index contributed by atoms with van der Waals surface area (Å²) in [5.74, 6) is 1.53. The van der Waals surface area contributed by atoms with E-state index in [0.29, 0.717) is 13.2 Å². The molecule has 1 saturated heterocycles. The van der Waals surface area contributed by atoms with Crippen LogP contribution in [0.3, 0.4) is 0 Å². The van der Waals surface area contributed by atoms with E-state index in [0.717, 1.165) is 29.2 Å². The quantitative estimate of drug-likeness (QED) is 0.902. The standard InChI is InChI=1S/C15H22BrNO2/c1-12-5-4-8-17(9-12)10-13(18)11-19-15-7-3-2-6-14(15)16/h2-3,6-7,12-13,18H,4-5,8-11H2,1H3/t12-,13-/m0/s1. The van der Waals surface area contributed by atoms with Crippen LogP contribution in [-0.2, 0) is 0 Å². The molecule has 0 unspecified atom stereocenters. The first-order chi connectivity index (χ1) is 9.15. The maximum atomic E-state index is 10.1. The molecular weight excluding hydrogens is 306 g/mol. The summed E-state index contributed by atoms with van der Waals surface area (Å²) < 4.78 is 6.57. The van der Waals surface area contributed by atoms with Gasteiger partial charge < -0.3 is 14.7 Å². The normalized spacial score (nSPS) is 22.2. The Morgan fingerprint density at radius 3 is 3.00 bits per heavy atom. The summed E-state index contributed by atoms with van der Waals surface area (Å²) >= 11 is 3.44. The molecule has 4 heteroatoms. The molecule has 0 spiro atoms. The number of aliphatic hydroxyl groups excluding tert-OH is 1. The number of ether oxygens (including phenoxy) is 1. The summed E-state index contributed by atoms with van der Waals surface area (Å²) in [5, 5.41) is 10.1. The van der Waals surface area contributed by atoms with Gasteiger partial charge in [0.25, 0.3) is 0 Å². The Morgan fingerprint density at radius 2 is 2.26 bits per heavy atom. The van der Waals surface area contributed by atoms with Gasteiger partial charge in [0.05, 0.1) is 4.47 Å². The van der Waals surface area contributed by atoms with E-state index in [1.54, 1.807) is 0 Å². The van der Waals surface area contributed by atoms with Gasteiger partial charge in [-0.25, -0.2) is 0 Å². The number of para-hydroxylation sites is 1. The summed E-state index contributed by atoms with van der Waals surface area (Å²) in [7, 11) is 0. The van der Waals surface area contributed by atoms with Gasteiger partial charge >= 0.3 is 0 Å². The Morgan fingerprint density at radius 1 is 1.47 bits per heavy atom. The van der Waals surface area contributed by atoms with E-state index >= 15 is 0 Å². The van der Waals surface area contributed by atoms with Crippen LogP contribution in [0.5, 0.6) is 5.75 Å². The molecule has 1 heterocycles. The fraction of sp³-hybridized carbons (Fsp3) is 0.600. The number of β-amino-alcohol motifs (C(OH)–C–C–N with tert-alkyl or cyclic N) is 1. The number of nitrogens with zero attached hydrogens (tertiary/aromatic N) is 1. The average Bonchev–Trinajstić information content (AvgIpc) is 2.38. The molecule has 106 valence electrons. The minimum Gasteiger partial charge on any atom is -0.490 e. The smallest absolute Gasteiger partial charge is 0.133 e. The van der Waals surface area contributed by atoms with Gasteiger partial charge in [-0.15, -0.1) is 0 Å². The summed E-state index contributed by atoms with van der Waals surface area (Å²) in [6.07, 6.45) is 2.11. The summed E-state index contributed by atoms with van der Waals surface area (Å²) in [5.41, 5.74) is 0. The van der Waals surface area contributed by atoms with E-state index in [-0.39, 0.29) is 0 Å². The topological polar surface area (TPSA) is 32.7 Å². The molecule has 1 aromatic carbocycles. The van der Waals surface area contributed by atoms with Crippen molar-refractivity contribution in [2.24, 2.45) is 5.92 Å². The van der Waals surface area contributed by atoms with E-state index in [2.05, 4.69) is 27.8 Å². The Balaban J connectivity index is 1.75. The molecule has 0 aliphatic carbocycles. The molecule has 0 aromatic heterocycles. The third kappa shape index (κ3) is 4.79. The first-order valence-electron chi connectivity index (χ1n) is 6.93. The fourth-order valence-electron chi connectivity index (χ4n) is 2.55. The van der Waals surface area contributed by atoms with Crippen LogP contribution in [0.2, 0.25) is 0 Å². The molecule has 1 aromatic rings. The van der Waals surface area contributed by atoms with Crippen molar-refractivity contribution < 1.29 is 9.84 Å². The number of aliphatic hydroxyl groups is 1. The van der Waals surface area contributed by atoms with E-state index in [4.69, 9.17) is 4.74 Å². The van der Waals surface area contributed by atoms with Crippen molar-refractivity contribution in [1.29, 1.82) is 0 Å².